The van der Waals surface area contributed by atoms with Crippen molar-refractivity contribution in [1.82, 2.24) is 5.32 Å². The minimum absolute atomic E-state index is 0.229. The molecule has 1 atom stereocenters. The molecular weight excluding hydrogens is 232 g/mol. The van der Waals surface area contributed by atoms with Crippen molar-refractivity contribution in [2.45, 2.75) is 46.6 Å². The van der Waals surface area contributed by atoms with E-state index in [2.05, 4.69) is 63.0 Å². The van der Waals surface area contributed by atoms with Crippen LogP contribution in [0, 0.1) is 19.8 Å². The number of hydrogen-bond acceptors (Lipinski definition) is 2. The van der Waals surface area contributed by atoms with Gasteiger partial charge in [0, 0.05) is 30.9 Å². The van der Waals surface area contributed by atoms with Gasteiger partial charge in [0.1, 0.15) is 0 Å². The quantitative estimate of drug-likeness (QED) is 0.894. The maximum Gasteiger partial charge on any atom is 0.0396 e. The molecule has 0 spiro atoms. The molecule has 2 rings (SSSR count). The smallest absolute Gasteiger partial charge is 0.0396 e. The Morgan fingerprint density at radius 2 is 2.00 bits per heavy atom. The second-order valence-electron chi connectivity index (χ2n) is 7.02. The number of hydrogen-bond donors (Lipinski definition) is 1. The number of rotatable bonds is 3. The van der Waals surface area contributed by atoms with E-state index >= 15 is 0 Å². The highest BCUT2D eigenvalue weighted by Gasteiger charge is 2.24. The maximum atomic E-state index is 3.63. The molecule has 0 saturated carbocycles. The molecule has 1 saturated heterocycles. The Hall–Kier alpha value is -1.02. The Labute approximate surface area is 118 Å². The largest absolute Gasteiger partial charge is 0.371 e. The van der Waals surface area contributed by atoms with Crippen LogP contribution in [-0.2, 0) is 0 Å². The van der Waals surface area contributed by atoms with E-state index in [1.54, 1.807) is 0 Å². The van der Waals surface area contributed by atoms with Gasteiger partial charge in [0.2, 0.25) is 0 Å². The fourth-order valence-electron chi connectivity index (χ4n) is 2.83. The van der Waals surface area contributed by atoms with Crippen LogP contribution in [-0.4, -0.2) is 25.2 Å². The first kappa shape index (κ1) is 14.4. The van der Waals surface area contributed by atoms with E-state index in [4.69, 9.17) is 0 Å². The third-order valence-electron chi connectivity index (χ3n) is 3.90. The van der Waals surface area contributed by atoms with Gasteiger partial charge >= 0.3 is 0 Å². The van der Waals surface area contributed by atoms with Crippen molar-refractivity contribution in [3.05, 3.63) is 29.3 Å². The Morgan fingerprint density at radius 3 is 2.63 bits per heavy atom. The van der Waals surface area contributed by atoms with Crippen LogP contribution in [0.25, 0.3) is 0 Å². The molecule has 1 aliphatic rings. The fourth-order valence-corrected chi connectivity index (χ4v) is 2.83. The summed E-state index contributed by atoms with van der Waals surface area (Å²) in [5, 5.41) is 3.63. The Kier molecular flexibility index (Phi) is 4.19. The minimum Gasteiger partial charge on any atom is -0.371 e. The molecule has 1 aliphatic heterocycles. The summed E-state index contributed by atoms with van der Waals surface area (Å²) in [4.78, 5) is 2.55. The van der Waals surface area contributed by atoms with E-state index in [9.17, 15) is 0 Å². The molecule has 1 fully saturated rings. The Balaban J connectivity index is 1.94. The average molecular weight is 260 g/mol. The summed E-state index contributed by atoms with van der Waals surface area (Å²) in [5.41, 5.74) is 4.41. The summed E-state index contributed by atoms with van der Waals surface area (Å²) in [7, 11) is 0. The summed E-state index contributed by atoms with van der Waals surface area (Å²) in [6.45, 7) is 14.6. The van der Waals surface area contributed by atoms with Crippen LogP contribution >= 0.6 is 0 Å². The van der Waals surface area contributed by atoms with Gasteiger partial charge in [0.05, 0.1) is 0 Å². The van der Waals surface area contributed by atoms with Gasteiger partial charge in [-0.15, -0.1) is 0 Å². The van der Waals surface area contributed by atoms with Crippen molar-refractivity contribution in [3.8, 4) is 0 Å². The van der Waals surface area contributed by atoms with Crippen molar-refractivity contribution in [3.63, 3.8) is 0 Å². The summed E-state index contributed by atoms with van der Waals surface area (Å²) < 4.78 is 0. The van der Waals surface area contributed by atoms with Crippen LogP contribution in [0.3, 0.4) is 0 Å². The second-order valence-corrected chi connectivity index (χ2v) is 7.02. The molecule has 2 nitrogen and oxygen atoms in total. The molecule has 0 bridgehead atoms. The number of aryl methyl sites for hydroxylation is 2. The van der Waals surface area contributed by atoms with Crippen molar-refractivity contribution in [1.29, 1.82) is 0 Å². The molecule has 0 aliphatic carbocycles. The van der Waals surface area contributed by atoms with Crippen LogP contribution in [0.1, 0.15) is 38.3 Å². The topological polar surface area (TPSA) is 15.3 Å². The lowest BCUT2D eigenvalue weighted by atomic mass is 10.1. The third-order valence-corrected chi connectivity index (χ3v) is 3.90. The van der Waals surface area contributed by atoms with Gasteiger partial charge in [-0.05, 0) is 58.6 Å². The molecule has 1 heterocycles. The summed E-state index contributed by atoms with van der Waals surface area (Å²) in [6, 6.07) is 6.80. The van der Waals surface area contributed by atoms with Gasteiger partial charge in [0.15, 0.2) is 0 Å². The minimum atomic E-state index is 0.229. The van der Waals surface area contributed by atoms with E-state index in [1.807, 2.05) is 0 Å². The first-order chi connectivity index (χ1) is 8.85. The molecule has 1 unspecified atom stereocenters. The number of anilines is 1. The maximum absolute atomic E-state index is 3.63. The van der Waals surface area contributed by atoms with E-state index in [0.29, 0.717) is 0 Å². The summed E-state index contributed by atoms with van der Waals surface area (Å²) in [6.07, 6.45) is 1.30. The van der Waals surface area contributed by atoms with Gasteiger partial charge in [-0.1, -0.05) is 17.7 Å². The molecule has 0 radical (unpaired) electrons. The first-order valence-electron chi connectivity index (χ1n) is 7.42. The van der Waals surface area contributed by atoms with Gasteiger partial charge in [-0.25, -0.2) is 0 Å². The highest BCUT2D eigenvalue weighted by molar-refractivity contribution is 5.55. The number of nitrogens with zero attached hydrogens (tertiary/aromatic N) is 1. The number of benzene rings is 1. The predicted molar refractivity (Wildman–Crippen MR) is 84.0 cm³/mol. The molecule has 1 aromatic rings. The molecular formula is C17H28N2. The standard InChI is InChI=1S/C17H28N2/c1-13-6-7-16(14(2)10-13)19-9-8-15(12-19)11-18-17(3,4)5/h6-7,10,15,18H,8-9,11-12H2,1-5H3. The van der Waals surface area contributed by atoms with E-state index in [0.717, 1.165) is 12.5 Å². The van der Waals surface area contributed by atoms with Crippen molar-refractivity contribution < 1.29 is 0 Å². The molecule has 1 aromatic carbocycles. The molecule has 0 amide bonds. The van der Waals surface area contributed by atoms with Gasteiger partial charge in [0.25, 0.3) is 0 Å². The Morgan fingerprint density at radius 1 is 1.26 bits per heavy atom. The lowest BCUT2D eigenvalue weighted by Crippen LogP contribution is -2.39. The summed E-state index contributed by atoms with van der Waals surface area (Å²) >= 11 is 0. The predicted octanol–water partition coefficient (Wildman–Crippen LogP) is 3.52. The van der Waals surface area contributed by atoms with Crippen molar-refractivity contribution in [2.24, 2.45) is 5.92 Å². The fraction of sp³-hybridized carbons (Fsp3) is 0.647. The zero-order valence-corrected chi connectivity index (χ0v) is 13.1. The van der Waals surface area contributed by atoms with E-state index in [1.165, 1.54) is 36.3 Å². The molecule has 19 heavy (non-hydrogen) atoms. The third kappa shape index (κ3) is 3.97. The van der Waals surface area contributed by atoms with E-state index in [-0.39, 0.29) is 5.54 Å². The van der Waals surface area contributed by atoms with Crippen LogP contribution in [0.4, 0.5) is 5.69 Å². The lowest BCUT2D eigenvalue weighted by molar-refractivity contribution is 0.383. The SMILES string of the molecule is Cc1ccc(N2CCC(CNC(C)(C)C)C2)c(C)c1. The summed E-state index contributed by atoms with van der Waals surface area (Å²) in [5.74, 6) is 0.778. The Bertz CT molecular complexity index is 431. The van der Waals surface area contributed by atoms with Crippen molar-refractivity contribution in [2.75, 3.05) is 24.5 Å². The van der Waals surface area contributed by atoms with Gasteiger partial charge in [-0.2, -0.15) is 0 Å². The monoisotopic (exact) mass is 260 g/mol. The first-order valence-corrected chi connectivity index (χ1v) is 7.42. The second kappa shape index (κ2) is 5.54. The zero-order chi connectivity index (χ0) is 14.0. The average Bonchev–Trinajstić information content (AvgIpc) is 2.74. The lowest BCUT2D eigenvalue weighted by Gasteiger charge is -2.24. The van der Waals surface area contributed by atoms with Gasteiger partial charge < -0.3 is 10.2 Å². The van der Waals surface area contributed by atoms with E-state index < -0.39 is 0 Å². The zero-order valence-electron chi connectivity index (χ0n) is 13.1. The van der Waals surface area contributed by atoms with Crippen molar-refractivity contribution >= 4 is 5.69 Å². The highest BCUT2D eigenvalue weighted by Crippen LogP contribution is 2.27. The number of nitrogens with one attached hydrogen (secondary N) is 1. The molecule has 0 aromatic heterocycles. The molecule has 1 N–H and O–H groups in total. The highest BCUT2D eigenvalue weighted by atomic mass is 15.2. The van der Waals surface area contributed by atoms with Crippen LogP contribution < -0.4 is 10.2 Å². The van der Waals surface area contributed by atoms with Crippen LogP contribution in [0.15, 0.2) is 18.2 Å². The molecule has 2 heteroatoms. The normalized spacial score (nSPS) is 20.1. The van der Waals surface area contributed by atoms with Gasteiger partial charge in [-0.3, -0.25) is 0 Å². The van der Waals surface area contributed by atoms with Crippen LogP contribution in [0.5, 0.6) is 0 Å². The molecule has 106 valence electrons. The van der Waals surface area contributed by atoms with Crippen LogP contribution in [0.2, 0.25) is 0 Å².